The second-order valence-corrected chi connectivity index (χ2v) is 7.20. The highest BCUT2D eigenvalue weighted by molar-refractivity contribution is 7.71. The highest BCUT2D eigenvalue weighted by Crippen LogP contribution is 2.29. The van der Waals surface area contributed by atoms with Gasteiger partial charge in [-0.25, -0.2) is 0 Å². The Labute approximate surface area is 146 Å². The number of carbonyl (C=O) groups is 1. The van der Waals surface area contributed by atoms with E-state index in [0.717, 1.165) is 12.8 Å². The van der Waals surface area contributed by atoms with Crippen molar-refractivity contribution in [2.24, 2.45) is 11.8 Å². The van der Waals surface area contributed by atoms with Gasteiger partial charge in [-0.05, 0) is 42.6 Å². The molecule has 2 N–H and O–H groups in total. The second-order valence-electron chi connectivity index (χ2n) is 6.81. The maximum atomic E-state index is 12.6. The summed E-state index contributed by atoms with van der Waals surface area (Å²) >= 11 is 5.26. The number of fused-ring (bicyclic) bond motifs is 1. The van der Waals surface area contributed by atoms with E-state index < -0.39 is 0 Å². The molecule has 1 saturated carbocycles. The monoisotopic (exact) mass is 345 g/mol. The van der Waals surface area contributed by atoms with Crippen molar-refractivity contribution < 1.29 is 4.79 Å². The molecular weight excluding hydrogens is 322 g/mol. The number of para-hydroxylation sites is 1. The van der Waals surface area contributed by atoms with Crippen LogP contribution in [0.3, 0.4) is 0 Å². The lowest BCUT2D eigenvalue weighted by Crippen LogP contribution is -2.45. The predicted octanol–water partition coefficient (Wildman–Crippen LogP) is 3.00. The van der Waals surface area contributed by atoms with Gasteiger partial charge >= 0.3 is 0 Å². The Bertz CT molecular complexity index is 870. The van der Waals surface area contributed by atoms with Crippen molar-refractivity contribution in [3.8, 4) is 0 Å². The SMILES string of the molecule is CC1CCCC(NC(=O)Cn2c(=S)[nH]c3ccccc3c2=O)C1C. The molecule has 24 heavy (non-hydrogen) atoms. The van der Waals surface area contributed by atoms with E-state index in [2.05, 4.69) is 24.1 Å². The van der Waals surface area contributed by atoms with Gasteiger partial charge in [0.15, 0.2) is 4.77 Å². The van der Waals surface area contributed by atoms with Crippen molar-refractivity contribution in [1.29, 1.82) is 0 Å². The lowest BCUT2D eigenvalue weighted by Gasteiger charge is -2.34. The Hall–Kier alpha value is -1.95. The van der Waals surface area contributed by atoms with E-state index in [9.17, 15) is 9.59 Å². The summed E-state index contributed by atoms with van der Waals surface area (Å²) in [6, 6.07) is 7.37. The Morgan fingerprint density at radius 3 is 2.88 bits per heavy atom. The molecule has 0 spiro atoms. The summed E-state index contributed by atoms with van der Waals surface area (Å²) in [6.07, 6.45) is 3.34. The number of hydrogen-bond acceptors (Lipinski definition) is 3. The van der Waals surface area contributed by atoms with Gasteiger partial charge in [-0.15, -0.1) is 0 Å². The summed E-state index contributed by atoms with van der Waals surface area (Å²) < 4.78 is 1.61. The minimum absolute atomic E-state index is 0.0450. The van der Waals surface area contributed by atoms with Gasteiger partial charge in [-0.1, -0.05) is 38.8 Å². The lowest BCUT2D eigenvalue weighted by atomic mass is 9.78. The number of amides is 1. The molecule has 3 atom stereocenters. The van der Waals surface area contributed by atoms with Gasteiger partial charge in [-0.3, -0.25) is 14.2 Å². The van der Waals surface area contributed by atoms with Gasteiger partial charge in [0.1, 0.15) is 6.54 Å². The minimum atomic E-state index is -0.227. The number of H-pyrrole nitrogens is 1. The second kappa shape index (κ2) is 6.89. The van der Waals surface area contributed by atoms with Crippen LogP contribution < -0.4 is 10.9 Å². The van der Waals surface area contributed by atoms with E-state index in [1.165, 1.54) is 11.0 Å². The van der Waals surface area contributed by atoms with E-state index in [1.807, 2.05) is 12.1 Å². The molecule has 128 valence electrons. The third-order valence-electron chi connectivity index (χ3n) is 5.24. The smallest absolute Gasteiger partial charge is 0.262 e. The molecule has 1 fully saturated rings. The van der Waals surface area contributed by atoms with E-state index in [0.29, 0.717) is 22.7 Å². The van der Waals surface area contributed by atoms with Crippen LogP contribution in [-0.4, -0.2) is 21.5 Å². The molecule has 5 nitrogen and oxygen atoms in total. The summed E-state index contributed by atoms with van der Waals surface area (Å²) in [6.45, 7) is 4.37. The van der Waals surface area contributed by atoms with Crippen LogP contribution in [0.15, 0.2) is 29.1 Å². The fraction of sp³-hybridized carbons (Fsp3) is 0.500. The summed E-state index contributed by atoms with van der Waals surface area (Å²) in [5, 5.41) is 3.63. The van der Waals surface area contributed by atoms with Gasteiger partial charge in [-0.2, -0.15) is 0 Å². The van der Waals surface area contributed by atoms with Gasteiger partial charge in [0.05, 0.1) is 10.9 Å². The summed E-state index contributed by atoms with van der Waals surface area (Å²) in [7, 11) is 0. The molecular formula is C18H23N3O2S. The molecule has 0 saturated heterocycles. The van der Waals surface area contributed by atoms with Crippen LogP contribution in [0.2, 0.25) is 0 Å². The largest absolute Gasteiger partial charge is 0.352 e. The molecule has 1 aromatic heterocycles. The van der Waals surface area contributed by atoms with Crippen LogP contribution in [0.1, 0.15) is 33.1 Å². The Morgan fingerprint density at radius 1 is 1.33 bits per heavy atom. The number of nitrogens with zero attached hydrogens (tertiary/aromatic N) is 1. The average molecular weight is 345 g/mol. The maximum Gasteiger partial charge on any atom is 0.262 e. The fourth-order valence-electron chi connectivity index (χ4n) is 3.52. The Balaban J connectivity index is 1.81. The zero-order valence-corrected chi connectivity index (χ0v) is 14.9. The van der Waals surface area contributed by atoms with Crippen molar-refractivity contribution in [2.75, 3.05) is 0 Å². The third kappa shape index (κ3) is 3.29. The molecule has 3 unspecified atom stereocenters. The zero-order chi connectivity index (χ0) is 17.3. The van der Waals surface area contributed by atoms with Gasteiger partial charge in [0.25, 0.3) is 5.56 Å². The Kier molecular flexibility index (Phi) is 4.85. The van der Waals surface area contributed by atoms with Crippen LogP contribution in [-0.2, 0) is 11.3 Å². The third-order valence-corrected chi connectivity index (χ3v) is 5.57. The summed E-state index contributed by atoms with van der Waals surface area (Å²) in [5.41, 5.74) is 0.466. The van der Waals surface area contributed by atoms with Crippen LogP contribution in [0.25, 0.3) is 10.9 Å². The first-order valence-corrected chi connectivity index (χ1v) is 8.89. The molecule has 1 aliphatic carbocycles. The Morgan fingerprint density at radius 2 is 2.08 bits per heavy atom. The first-order chi connectivity index (χ1) is 11.5. The van der Waals surface area contributed by atoms with E-state index in [4.69, 9.17) is 12.2 Å². The van der Waals surface area contributed by atoms with Crippen LogP contribution >= 0.6 is 12.2 Å². The summed E-state index contributed by atoms with van der Waals surface area (Å²) in [4.78, 5) is 28.1. The maximum absolute atomic E-state index is 12.6. The van der Waals surface area contributed by atoms with E-state index in [-0.39, 0.29) is 28.8 Å². The van der Waals surface area contributed by atoms with Gasteiger partial charge in [0.2, 0.25) is 5.91 Å². The quantitative estimate of drug-likeness (QED) is 0.841. The highest BCUT2D eigenvalue weighted by atomic mass is 32.1. The lowest BCUT2D eigenvalue weighted by molar-refractivity contribution is -0.123. The van der Waals surface area contributed by atoms with Crippen LogP contribution in [0.4, 0.5) is 0 Å². The predicted molar refractivity (Wildman–Crippen MR) is 97.5 cm³/mol. The number of carbonyl (C=O) groups excluding carboxylic acids is 1. The molecule has 1 amide bonds. The zero-order valence-electron chi connectivity index (χ0n) is 14.0. The fourth-order valence-corrected chi connectivity index (χ4v) is 3.78. The van der Waals surface area contributed by atoms with Crippen molar-refractivity contribution in [3.05, 3.63) is 39.4 Å². The molecule has 1 aromatic carbocycles. The average Bonchev–Trinajstić information content (AvgIpc) is 2.56. The van der Waals surface area contributed by atoms with Crippen LogP contribution in [0, 0.1) is 16.6 Å². The topological polar surface area (TPSA) is 66.9 Å². The van der Waals surface area contributed by atoms with E-state index >= 15 is 0 Å². The number of benzene rings is 1. The van der Waals surface area contributed by atoms with E-state index in [1.54, 1.807) is 12.1 Å². The molecule has 6 heteroatoms. The van der Waals surface area contributed by atoms with Crippen LogP contribution in [0.5, 0.6) is 0 Å². The highest BCUT2D eigenvalue weighted by Gasteiger charge is 2.28. The molecule has 1 heterocycles. The molecule has 0 radical (unpaired) electrons. The number of hydrogen-bond donors (Lipinski definition) is 2. The van der Waals surface area contributed by atoms with Crippen molar-refractivity contribution in [1.82, 2.24) is 14.9 Å². The number of rotatable bonds is 3. The molecule has 0 bridgehead atoms. The first kappa shape index (κ1) is 16.9. The summed E-state index contributed by atoms with van der Waals surface area (Å²) in [5.74, 6) is 0.902. The molecule has 1 aliphatic rings. The minimum Gasteiger partial charge on any atom is -0.352 e. The number of aromatic nitrogens is 2. The van der Waals surface area contributed by atoms with Crippen molar-refractivity contribution in [2.45, 2.75) is 45.7 Å². The molecule has 3 rings (SSSR count). The standard InChI is InChI=1S/C18H23N3O2S/c1-11-6-5-9-14(12(11)2)19-16(22)10-21-17(23)13-7-3-4-8-15(13)20-18(21)24/h3-4,7-8,11-12,14H,5-6,9-10H2,1-2H3,(H,19,22)(H,20,24). The molecule has 0 aliphatic heterocycles. The molecule has 2 aromatic rings. The number of nitrogens with one attached hydrogen (secondary N) is 2. The van der Waals surface area contributed by atoms with Gasteiger partial charge < -0.3 is 10.3 Å². The van der Waals surface area contributed by atoms with Crippen molar-refractivity contribution >= 4 is 29.0 Å². The van der Waals surface area contributed by atoms with Crippen molar-refractivity contribution in [3.63, 3.8) is 0 Å². The normalized spacial score (nSPS) is 24.0. The first-order valence-electron chi connectivity index (χ1n) is 8.48. The number of aromatic amines is 1. The van der Waals surface area contributed by atoms with Gasteiger partial charge in [0, 0.05) is 6.04 Å².